The van der Waals surface area contributed by atoms with E-state index in [4.69, 9.17) is 14.0 Å². The summed E-state index contributed by atoms with van der Waals surface area (Å²) in [4.78, 5) is 19.2. The molecule has 1 aliphatic carbocycles. The number of H-pyrrole nitrogens is 1. The largest absolute Gasteiger partial charge is 0.493 e. The fourth-order valence-electron chi connectivity index (χ4n) is 5.01. The number of rotatable bonds is 5. The number of methoxy groups -OCH3 is 2. The first-order chi connectivity index (χ1) is 16.2. The number of fused-ring (bicyclic) bond motifs is 3. The van der Waals surface area contributed by atoms with E-state index in [0.717, 1.165) is 41.8 Å². The quantitative estimate of drug-likeness (QED) is 0.477. The molecular formula is C26H25N3O4. The first-order valence-corrected chi connectivity index (χ1v) is 11.3. The molecule has 2 aliphatic rings. The Bertz CT molecular complexity index is 1350. The summed E-state index contributed by atoms with van der Waals surface area (Å²) in [6.07, 6.45) is 2.93. The number of carbonyl (C=O) groups is 1. The lowest BCUT2D eigenvalue weighted by Crippen LogP contribution is -2.41. The number of ether oxygens (including phenoxy) is 2. The number of amides is 1. The van der Waals surface area contributed by atoms with Crippen LogP contribution in [0.2, 0.25) is 0 Å². The minimum absolute atomic E-state index is 0.148. The fraction of sp³-hybridized carbons (Fsp3) is 0.308. The third-order valence-electron chi connectivity index (χ3n) is 6.75. The van der Waals surface area contributed by atoms with Crippen LogP contribution in [-0.2, 0) is 6.42 Å². The maximum atomic E-state index is 13.7. The number of aromatic nitrogens is 2. The molecular weight excluding hydrogens is 418 g/mol. The van der Waals surface area contributed by atoms with Gasteiger partial charge in [0.2, 0.25) is 0 Å². The molecule has 1 atom stereocenters. The van der Waals surface area contributed by atoms with Gasteiger partial charge in [-0.2, -0.15) is 0 Å². The van der Waals surface area contributed by atoms with Gasteiger partial charge in [0.15, 0.2) is 17.2 Å². The Labute approximate surface area is 191 Å². The van der Waals surface area contributed by atoms with Crippen LogP contribution in [0.1, 0.15) is 57.9 Å². The molecule has 1 saturated carbocycles. The average Bonchev–Trinajstić information content (AvgIpc) is 3.46. The average molecular weight is 444 g/mol. The Morgan fingerprint density at radius 3 is 2.76 bits per heavy atom. The summed E-state index contributed by atoms with van der Waals surface area (Å²) >= 11 is 0. The van der Waals surface area contributed by atoms with Crippen molar-refractivity contribution in [3.8, 4) is 11.5 Å². The van der Waals surface area contributed by atoms with E-state index in [1.54, 1.807) is 20.3 Å². The first kappa shape index (κ1) is 19.9. The van der Waals surface area contributed by atoms with Crippen LogP contribution in [0.3, 0.4) is 0 Å². The number of hydrogen-bond donors (Lipinski definition) is 1. The molecule has 1 amide bonds. The monoisotopic (exact) mass is 443 g/mol. The van der Waals surface area contributed by atoms with Gasteiger partial charge in [0.1, 0.15) is 11.8 Å². The standard InChI is InChI=1S/C26H25N3O4/c1-31-21-9-5-7-18(25(21)32-2)24-23-17(16-6-3-4-8-19(16)27-23)12-13-29(24)26(30)20-14-22(33-28-20)15-10-11-15/h3-9,14-15,24,27H,10-13H2,1-2H3. The highest BCUT2D eigenvalue weighted by Gasteiger charge is 2.38. The van der Waals surface area contributed by atoms with E-state index in [1.165, 1.54) is 10.9 Å². The number of hydrogen-bond acceptors (Lipinski definition) is 5. The number of nitrogens with one attached hydrogen (secondary N) is 1. The fourth-order valence-corrected chi connectivity index (χ4v) is 5.01. The van der Waals surface area contributed by atoms with Crippen molar-refractivity contribution >= 4 is 16.8 Å². The van der Waals surface area contributed by atoms with E-state index in [9.17, 15) is 4.79 Å². The zero-order valence-electron chi connectivity index (χ0n) is 18.6. The van der Waals surface area contributed by atoms with Crippen LogP contribution >= 0.6 is 0 Å². The third kappa shape index (κ3) is 3.18. The molecule has 1 fully saturated rings. The molecule has 7 heteroatoms. The third-order valence-corrected chi connectivity index (χ3v) is 6.75. The van der Waals surface area contributed by atoms with Crippen molar-refractivity contribution in [2.75, 3.05) is 20.8 Å². The lowest BCUT2D eigenvalue weighted by molar-refractivity contribution is 0.0679. The van der Waals surface area contributed by atoms with E-state index in [1.807, 2.05) is 35.2 Å². The van der Waals surface area contributed by atoms with Crippen LogP contribution in [0.25, 0.3) is 10.9 Å². The first-order valence-electron chi connectivity index (χ1n) is 11.3. The molecule has 1 unspecified atom stereocenters. The number of para-hydroxylation sites is 2. The zero-order valence-corrected chi connectivity index (χ0v) is 18.6. The second kappa shape index (κ2) is 7.69. The van der Waals surface area contributed by atoms with Gasteiger partial charge in [0, 0.05) is 40.7 Å². The lowest BCUT2D eigenvalue weighted by atomic mass is 9.91. The number of nitrogens with zero attached hydrogens (tertiary/aromatic N) is 2. The highest BCUT2D eigenvalue weighted by atomic mass is 16.5. The molecule has 0 spiro atoms. The number of carbonyl (C=O) groups excluding carboxylic acids is 1. The summed E-state index contributed by atoms with van der Waals surface area (Å²) in [6.45, 7) is 0.560. The highest BCUT2D eigenvalue weighted by molar-refractivity contribution is 5.94. The minimum Gasteiger partial charge on any atom is -0.493 e. The minimum atomic E-state index is -0.375. The summed E-state index contributed by atoms with van der Waals surface area (Å²) in [5.74, 6) is 2.30. The van der Waals surface area contributed by atoms with Gasteiger partial charge in [-0.15, -0.1) is 0 Å². The molecule has 1 aliphatic heterocycles. The van der Waals surface area contributed by atoms with Crippen molar-refractivity contribution in [2.45, 2.75) is 31.2 Å². The Balaban J connectivity index is 1.51. The van der Waals surface area contributed by atoms with Crippen molar-refractivity contribution in [1.29, 1.82) is 0 Å². The molecule has 33 heavy (non-hydrogen) atoms. The lowest BCUT2D eigenvalue weighted by Gasteiger charge is -2.36. The van der Waals surface area contributed by atoms with Crippen LogP contribution < -0.4 is 9.47 Å². The summed E-state index contributed by atoms with van der Waals surface area (Å²) in [7, 11) is 3.25. The molecule has 2 aromatic carbocycles. The van der Waals surface area contributed by atoms with Gasteiger partial charge in [0.25, 0.3) is 5.91 Å². The Kier molecular flexibility index (Phi) is 4.64. The van der Waals surface area contributed by atoms with Gasteiger partial charge < -0.3 is 23.9 Å². The normalized spacial score (nSPS) is 17.8. The predicted octanol–water partition coefficient (Wildman–Crippen LogP) is 4.84. The van der Waals surface area contributed by atoms with Crippen molar-refractivity contribution in [1.82, 2.24) is 15.0 Å². The zero-order chi connectivity index (χ0) is 22.5. The smallest absolute Gasteiger partial charge is 0.276 e. The molecule has 1 N–H and O–H groups in total. The van der Waals surface area contributed by atoms with Crippen molar-refractivity contribution < 1.29 is 18.8 Å². The molecule has 6 rings (SSSR count). The molecule has 7 nitrogen and oxygen atoms in total. The molecule has 2 aromatic heterocycles. The molecule has 168 valence electrons. The topological polar surface area (TPSA) is 80.6 Å². The van der Waals surface area contributed by atoms with E-state index >= 15 is 0 Å². The summed E-state index contributed by atoms with van der Waals surface area (Å²) in [6, 6.07) is 15.5. The molecule has 0 bridgehead atoms. The van der Waals surface area contributed by atoms with Crippen molar-refractivity contribution in [3.05, 3.63) is 76.8 Å². The maximum absolute atomic E-state index is 13.7. The molecule has 0 saturated heterocycles. The molecule has 0 radical (unpaired) electrons. The van der Waals surface area contributed by atoms with Crippen LogP contribution in [0.4, 0.5) is 0 Å². The molecule has 4 aromatic rings. The SMILES string of the molecule is COc1cccc(C2c3[nH]c4ccccc4c3CCN2C(=O)c2cc(C3CC3)on2)c1OC. The molecule has 3 heterocycles. The van der Waals surface area contributed by atoms with Gasteiger partial charge in [0.05, 0.1) is 14.2 Å². The Morgan fingerprint density at radius 1 is 1.12 bits per heavy atom. The van der Waals surface area contributed by atoms with Gasteiger partial charge in [-0.05, 0) is 37.0 Å². The second-order valence-corrected chi connectivity index (χ2v) is 8.69. The Morgan fingerprint density at radius 2 is 1.97 bits per heavy atom. The summed E-state index contributed by atoms with van der Waals surface area (Å²) in [5, 5.41) is 5.31. The van der Waals surface area contributed by atoms with E-state index in [0.29, 0.717) is 29.7 Å². The van der Waals surface area contributed by atoms with E-state index in [2.05, 4.69) is 22.3 Å². The number of aromatic amines is 1. The van der Waals surface area contributed by atoms with Gasteiger partial charge >= 0.3 is 0 Å². The maximum Gasteiger partial charge on any atom is 0.276 e. The van der Waals surface area contributed by atoms with Gasteiger partial charge in [-0.25, -0.2) is 0 Å². The van der Waals surface area contributed by atoms with Crippen LogP contribution in [0.5, 0.6) is 11.5 Å². The van der Waals surface area contributed by atoms with E-state index < -0.39 is 0 Å². The number of benzene rings is 2. The summed E-state index contributed by atoms with van der Waals surface area (Å²) < 4.78 is 16.8. The van der Waals surface area contributed by atoms with Gasteiger partial charge in [-0.3, -0.25) is 4.79 Å². The van der Waals surface area contributed by atoms with Gasteiger partial charge in [-0.1, -0.05) is 35.5 Å². The second-order valence-electron chi connectivity index (χ2n) is 8.69. The van der Waals surface area contributed by atoms with Crippen molar-refractivity contribution in [2.24, 2.45) is 0 Å². The van der Waals surface area contributed by atoms with Crippen molar-refractivity contribution in [3.63, 3.8) is 0 Å². The highest BCUT2D eigenvalue weighted by Crippen LogP contribution is 2.45. The van der Waals surface area contributed by atoms with Crippen LogP contribution in [-0.4, -0.2) is 41.7 Å². The van der Waals surface area contributed by atoms with E-state index in [-0.39, 0.29) is 11.9 Å². The van der Waals surface area contributed by atoms with Crippen LogP contribution in [0, 0.1) is 0 Å². The Hall–Kier alpha value is -3.74. The van der Waals surface area contributed by atoms with Crippen LogP contribution in [0.15, 0.2) is 53.1 Å². The predicted molar refractivity (Wildman–Crippen MR) is 123 cm³/mol. The summed E-state index contributed by atoms with van der Waals surface area (Å²) in [5.41, 5.74) is 4.49.